The summed E-state index contributed by atoms with van der Waals surface area (Å²) in [5.74, 6) is -0.452. The maximum absolute atomic E-state index is 12.1. The van der Waals surface area contributed by atoms with Crippen molar-refractivity contribution in [3.05, 3.63) is 0 Å². The van der Waals surface area contributed by atoms with Crippen LogP contribution in [0.15, 0.2) is 0 Å². The number of hydrogen-bond acceptors (Lipinski definition) is 3. The Morgan fingerprint density at radius 2 is 1.94 bits per heavy atom. The molecule has 6 nitrogen and oxygen atoms in total. The molecular formula is C11H18N2O4. The molecule has 2 amide bonds. The largest absolute Gasteiger partial charge is 0.480 e. The van der Waals surface area contributed by atoms with Crippen molar-refractivity contribution in [3.8, 4) is 0 Å². The number of carboxylic acid groups (broad SMARTS) is 1. The molecule has 0 bridgehead atoms. The number of ether oxygens (including phenoxy) is 1. The number of carbonyl (C=O) groups excluding carboxylic acids is 1. The SMILES string of the molecule is O=C(O)CN(CC1CC1)C(=O)N1CCOCC1. The monoisotopic (exact) mass is 242 g/mol. The summed E-state index contributed by atoms with van der Waals surface area (Å²) >= 11 is 0. The molecule has 17 heavy (non-hydrogen) atoms. The van der Waals surface area contributed by atoms with Gasteiger partial charge in [-0.1, -0.05) is 0 Å². The van der Waals surface area contributed by atoms with Crippen LogP contribution in [0.3, 0.4) is 0 Å². The van der Waals surface area contributed by atoms with Gasteiger partial charge in [0.15, 0.2) is 0 Å². The van der Waals surface area contributed by atoms with Crippen molar-refractivity contribution in [2.24, 2.45) is 5.92 Å². The van der Waals surface area contributed by atoms with Gasteiger partial charge in [-0.2, -0.15) is 0 Å². The van der Waals surface area contributed by atoms with Crippen molar-refractivity contribution in [2.45, 2.75) is 12.8 Å². The van der Waals surface area contributed by atoms with E-state index in [2.05, 4.69) is 0 Å². The van der Waals surface area contributed by atoms with Crippen LogP contribution in [0.1, 0.15) is 12.8 Å². The van der Waals surface area contributed by atoms with Gasteiger partial charge in [0, 0.05) is 19.6 Å². The van der Waals surface area contributed by atoms with Crippen molar-refractivity contribution in [2.75, 3.05) is 39.4 Å². The second kappa shape index (κ2) is 5.35. The van der Waals surface area contributed by atoms with Crippen molar-refractivity contribution >= 4 is 12.0 Å². The Balaban J connectivity index is 1.91. The van der Waals surface area contributed by atoms with Crippen molar-refractivity contribution < 1.29 is 19.4 Å². The number of amides is 2. The number of carbonyl (C=O) groups is 2. The number of hydrogen-bond donors (Lipinski definition) is 1. The van der Waals surface area contributed by atoms with Gasteiger partial charge in [0.1, 0.15) is 6.54 Å². The first-order valence-electron chi connectivity index (χ1n) is 6.00. The van der Waals surface area contributed by atoms with Crippen LogP contribution in [0.2, 0.25) is 0 Å². The van der Waals surface area contributed by atoms with Gasteiger partial charge in [0.2, 0.25) is 0 Å². The summed E-state index contributed by atoms with van der Waals surface area (Å²) in [5.41, 5.74) is 0. The van der Waals surface area contributed by atoms with Crippen LogP contribution in [0.25, 0.3) is 0 Å². The van der Waals surface area contributed by atoms with E-state index in [1.54, 1.807) is 4.90 Å². The van der Waals surface area contributed by atoms with E-state index in [1.807, 2.05) is 0 Å². The molecule has 0 aromatic heterocycles. The molecule has 1 saturated heterocycles. The number of carboxylic acids is 1. The van der Waals surface area contributed by atoms with E-state index in [1.165, 1.54) is 4.90 Å². The number of rotatable bonds is 4. The summed E-state index contributed by atoms with van der Waals surface area (Å²) in [6.07, 6.45) is 2.21. The minimum absolute atomic E-state index is 0.164. The van der Waals surface area contributed by atoms with E-state index in [-0.39, 0.29) is 12.6 Å². The molecule has 0 aromatic carbocycles. The number of urea groups is 1. The van der Waals surface area contributed by atoms with Gasteiger partial charge in [-0.3, -0.25) is 4.79 Å². The molecular weight excluding hydrogens is 224 g/mol. The third-order valence-electron chi connectivity index (χ3n) is 3.05. The van der Waals surface area contributed by atoms with E-state index in [0.29, 0.717) is 38.8 Å². The normalized spacial score (nSPS) is 20.1. The summed E-state index contributed by atoms with van der Waals surface area (Å²) in [6.45, 7) is 2.56. The molecule has 1 aliphatic heterocycles. The van der Waals surface area contributed by atoms with Crippen LogP contribution in [0, 0.1) is 5.92 Å². The van der Waals surface area contributed by atoms with Crippen LogP contribution in [-0.2, 0) is 9.53 Å². The Morgan fingerprint density at radius 3 is 2.47 bits per heavy atom. The van der Waals surface area contributed by atoms with Crippen LogP contribution < -0.4 is 0 Å². The fourth-order valence-electron chi connectivity index (χ4n) is 1.94. The number of aliphatic carboxylic acids is 1. The Labute approximate surface area is 100 Å². The zero-order valence-electron chi connectivity index (χ0n) is 9.80. The first-order chi connectivity index (χ1) is 8.16. The lowest BCUT2D eigenvalue weighted by Gasteiger charge is -2.32. The highest BCUT2D eigenvalue weighted by Crippen LogP contribution is 2.30. The van der Waals surface area contributed by atoms with Crippen LogP contribution in [-0.4, -0.2) is 66.3 Å². The van der Waals surface area contributed by atoms with Crippen LogP contribution >= 0.6 is 0 Å². The predicted octanol–water partition coefficient (Wildman–Crippen LogP) is 0.235. The highest BCUT2D eigenvalue weighted by atomic mass is 16.5. The molecule has 1 saturated carbocycles. The van der Waals surface area contributed by atoms with E-state index in [0.717, 1.165) is 12.8 Å². The van der Waals surface area contributed by atoms with E-state index in [9.17, 15) is 9.59 Å². The quantitative estimate of drug-likeness (QED) is 0.766. The molecule has 0 radical (unpaired) electrons. The molecule has 0 spiro atoms. The molecule has 2 aliphatic rings. The molecule has 2 rings (SSSR count). The fraction of sp³-hybridized carbons (Fsp3) is 0.818. The standard InChI is InChI=1S/C11H18N2O4/c14-10(15)8-13(7-9-1-2-9)11(16)12-3-5-17-6-4-12/h9H,1-8H2,(H,14,15). The molecule has 1 heterocycles. The number of morpholine rings is 1. The first kappa shape index (κ1) is 12.2. The Kier molecular flexibility index (Phi) is 3.83. The molecule has 1 aliphatic carbocycles. The van der Waals surface area contributed by atoms with Gasteiger partial charge < -0.3 is 19.6 Å². The van der Waals surface area contributed by atoms with Gasteiger partial charge in [0.05, 0.1) is 13.2 Å². The van der Waals surface area contributed by atoms with Crippen molar-refractivity contribution in [3.63, 3.8) is 0 Å². The lowest BCUT2D eigenvalue weighted by atomic mass is 10.3. The Hall–Kier alpha value is -1.30. The highest BCUT2D eigenvalue weighted by Gasteiger charge is 2.30. The predicted molar refractivity (Wildman–Crippen MR) is 59.7 cm³/mol. The third-order valence-corrected chi connectivity index (χ3v) is 3.05. The van der Waals surface area contributed by atoms with Gasteiger partial charge in [0.25, 0.3) is 0 Å². The lowest BCUT2D eigenvalue weighted by Crippen LogP contribution is -2.50. The summed E-state index contributed by atoms with van der Waals surface area (Å²) in [4.78, 5) is 26.0. The summed E-state index contributed by atoms with van der Waals surface area (Å²) in [6, 6.07) is -0.164. The lowest BCUT2D eigenvalue weighted by molar-refractivity contribution is -0.137. The van der Waals surface area contributed by atoms with Gasteiger partial charge in [-0.05, 0) is 18.8 Å². The summed E-state index contributed by atoms with van der Waals surface area (Å²) < 4.78 is 5.18. The Morgan fingerprint density at radius 1 is 1.29 bits per heavy atom. The van der Waals surface area contributed by atoms with Crippen molar-refractivity contribution in [1.29, 1.82) is 0 Å². The Bertz CT molecular complexity index is 298. The average Bonchev–Trinajstić information content (AvgIpc) is 3.12. The fourth-order valence-corrected chi connectivity index (χ4v) is 1.94. The molecule has 2 fully saturated rings. The smallest absolute Gasteiger partial charge is 0.323 e. The molecule has 96 valence electrons. The summed E-state index contributed by atoms with van der Waals surface area (Å²) in [5, 5.41) is 8.83. The number of nitrogens with zero attached hydrogens (tertiary/aromatic N) is 2. The molecule has 1 N–H and O–H groups in total. The summed E-state index contributed by atoms with van der Waals surface area (Å²) in [7, 11) is 0. The second-order valence-corrected chi connectivity index (χ2v) is 4.60. The topological polar surface area (TPSA) is 70.1 Å². The third kappa shape index (κ3) is 3.59. The van der Waals surface area contributed by atoms with Gasteiger partial charge in [-0.15, -0.1) is 0 Å². The zero-order chi connectivity index (χ0) is 12.3. The highest BCUT2D eigenvalue weighted by molar-refractivity contribution is 5.80. The molecule has 0 aromatic rings. The molecule has 6 heteroatoms. The van der Waals surface area contributed by atoms with Crippen LogP contribution in [0.4, 0.5) is 4.79 Å². The molecule has 0 unspecified atom stereocenters. The van der Waals surface area contributed by atoms with Crippen molar-refractivity contribution in [1.82, 2.24) is 9.80 Å². The van der Waals surface area contributed by atoms with Crippen LogP contribution in [0.5, 0.6) is 0 Å². The second-order valence-electron chi connectivity index (χ2n) is 4.60. The maximum Gasteiger partial charge on any atom is 0.323 e. The minimum Gasteiger partial charge on any atom is -0.480 e. The zero-order valence-corrected chi connectivity index (χ0v) is 9.80. The first-order valence-corrected chi connectivity index (χ1v) is 6.00. The van der Waals surface area contributed by atoms with E-state index >= 15 is 0 Å². The maximum atomic E-state index is 12.1. The molecule has 0 atom stereocenters. The average molecular weight is 242 g/mol. The van der Waals surface area contributed by atoms with E-state index in [4.69, 9.17) is 9.84 Å². The van der Waals surface area contributed by atoms with Gasteiger partial charge in [-0.25, -0.2) is 4.79 Å². The van der Waals surface area contributed by atoms with E-state index < -0.39 is 5.97 Å². The minimum atomic E-state index is -0.952. The van der Waals surface area contributed by atoms with Gasteiger partial charge >= 0.3 is 12.0 Å².